The van der Waals surface area contributed by atoms with E-state index in [9.17, 15) is 4.79 Å². The Labute approximate surface area is 165 Å². The number of aryl methyl sites for hydroxylation is 1. The van der Waals surface area contributed by atoms with Gasteiger partial charge in [-0.2, -0.15) is 5.10 Å². The van der Waals surface area contributed by atoms with E-state index >= 15 is 0 Å². The van der Waals surface area contributed by atoms with Gasteiger partial charge in [-0.25, -0.2) is 0 Å². The van der Waals surface area contributed by atoms with Gasteiger partial charge in [-0.15, -0.1) is 10.2 Å². The van der Waals surface area contributed by atoms with E-state index < -0.39 is 0 Å². The molecule has 1 aliphatic carbocycles. The zero-order valence-electron chi connectivity index (χ0n) is 16.8. The van der Waals surface area contributed by atoms with E-state index in [0.717, 1.165) is 40.5 Å². The minimum Gasteiger partial charge on any atom is -0.303 e. The minimum absolute atomic E-state index is 0.289. The van der Waals surface area contributed by atoms with E-state index in [1.54, 1.807) is 11.3 Å². The van der Waals surface area contributed by atoms with Crippen LogP contribution in [0.25, 0.3) is 16.3 Å². The second-order valence-corrected chi connectivity index (χ2v) is 8.70. The molecule has 2 atom stereocenters. The summed E-state index contributed by atoms with van der Waals surface area (Å²) in [5, 5.41) is 15.3. The fourth-order valence-corrected chi connectivity index (χ4v) is 4.51. The largest absolute Gasteiger partial charge is 0.303 e. The van der Waals surface area contributed by atoms with Crippen molar-refractivity contribution in [3.8, 4) is 10.7 Å². The number of carbonyl (C=O) groups is 1. The van der Waals surface area contributed by atoms with Crippen LogP contribution in [0.5, 0.6) is 0 Å². The molecule has 0 N–H and O–H groups in total. The topological polar surface area (TPSA) is 60.7 Å². The van der Waals surface area contributed by atoms with Gasteiger partial charge in [0.15, 0.2) is 5.01 Å². The number of hydrogen-bond donors (Lipinski definition) is 0. The van der Waals surface area contributed by atoms with E-state index in [2.05, 4.69) is 67.7 Å². The molecular weight excluding hydrogens is 356 g/mol. The molecule has 0 radical (unpaired) electrons. The Morgan fingerprint density at radius 1 is 1.30 bits per heavy atom. The number of hydrogen-bond acceptors (Lipinski definition) is 5. The molecule has 144 valence electrons. The van der Waals surface area contributed by atoms with Crippen molar-refractivity contribution in [1.29, 1.82) is 0 Å². The predicted molar refractivity (Wildman–Crippen MR) is 110 cm³/mol. The highest BCUT2D eigenvalue weighted by Gasteiger charge is 2.24. The maximum atomic E-state index is 10.9. The molecule has 2 aromatic heterocycles. The summed E-state index contributed by atoms with van der Waals surface area (Å²) in [5.41, 5.74) is 4.49. The lowest BCUT2D eigenvalue weighted by Gasteiger charge is -2.25. The quantitative estimate of drug-likeness (QED) is 0.643. The molecule has 1 aliphatic rings. The molecule has 0 spiro atoms. The van der Waals surface area contributed by atoms with Crippen molar-refractivity contribution in [2.45, 2.75) is 54.0 Å². The fourth-order valence-electron chi connectivity index (χ4n) is 3.71. The number of allylic oxidation sites excluding steroid dienone is 4. The van der Waals surface area contributed by atoms with Crippen LogP contribution < -0.4 is 0 Å². The molecular formula is C21H28N4OS. The molecule has 2 unspecified atom stereocenters. The van der Waals surface area contributed by atoms with Crippen LogP contribution in [0.3, 0.4) is 0 Å². The van der Waals surface area contributed by atoms with Crippen LogP contribution in [0.1, 0.15) is 51.7 Å². The van der Waals surface area contributed by atoms with E-state index in [4.69, 9.17) is 5.10 Å². The smallest absolute Gasteiger partial charge is 0.168 e. The highest BCUT2D eigenvalue weighted by molar-refractivity contribution is 7.15. The summed E-state index contributed by atoms with van der Waals surface area (Å²) in [4.78, 5) is 10.9. The first-order chi connectivity index (χ1) is 12.9. The van der Waals surface area contributed by atoms with Gasteiger partial charge in [0.2, 0.25) is 0 Å². The van der Waals surface area contributed by atoms with Crippen molar-refractivity contribution in [1.82, 2.24) is 20.0 Å². The Bertz CT molecular complexity index is 875. The first-order valence-corrected chi connectivity index (χ1v) is 10.5. The number of nitrogens with zero attached hydrogens (tertiary/aromatic N) is 4. The molecule has 0 fully saturated rings. The molecule has 27 heavy (non-hydrogen) atoms. The normalized spacial score (nSPS) is 19.9. The van der Waals surface area contributed by atoms with E-state index in [1.165, 1.54) is 11.3 Å². The third kappa shape index (κ3) is 4.26. The minimum atomic E-state index is 0.289. The van der Waals surface area contributed by atoms with Crippen molar-refractivity contribution in [3.63, 3.8) is 0 Å². The zero-order valence-corrected chi connectivity index (χ0v) is 17.6. The molecule has 0 aliphatic heterocycles. The van der Waals surface area contributed by atoms with Crippen LogP contribution in [0.4, 0.5) is 0 Å². The highest BCUT2D eigenvalue weighted by atomic mass is 32.1. The third-order valence-electron chi connectivity index (χ3n) is 5.07. The van der Waals surface area contributed by atoms with Gasteiger partial charge < -0.3 is 4.79 Å². The van der Waals surface area contributed by atoms with E-state index in [-0.39, 0.29) is 5.92 Å². The number of aldehydes is 1. The third-order valence-corrected chi connectivity index (χ3v) is 6.06. The van der Waals surface area contributed by atoms with Crippen LogP contribution in [-0.4, -0.2) is 26.3 Å². The van der Waals surface area contributed by atoms with Gasteiger partial charge in [0.05, 0.1) is 0 Å². The average Bonchev–Trinajstić information content (AvgIpc) is 3.24. The summed E-state index contributed by atoms with van der Waals surface area (Å²) in [6, 6.07) is 2.15. The van der Waals surface area contributed by atoms with Crippen LogP contribution in [0.15, 0.2) is 23.8 Å². The van der Waals surface area contributed by atoms with E-state index in [1.807, 2.05) is 0 Å². The van der Waals surface area contributed by atoms with Gasteiger partial charge in [0.25, 0.3) is 0 Å². The molecule has 0 amide bonds. The van der Waals surface area contributed by atoms with Crippen molar-refractivity contribution in [2.24, 2.45) is 17.8 Å². The van der Waals surface area contributed by atoms with Crippen molar-refractivity contribution < 1.29 is 4.79 Å². The lowest BCUT2D eigenvalue weighted by molar-refractivity contribution is -0.108. The van der Waals surface area contributed by atoms with Crippen LogP contribution in [0, 0.1) is 17.8 Å². The van der Waals surface area contributed by atoms with Crippen molar-refractivity contribution >= 4 is 23.2 Å². The maximum Gasteiger partial charge on any atom is 0.168 e. The lowest BCUT2D eigenvalue weighted by atomic mass is 9.80. The Morgan fingerprint density at radius 2 is 2.04 bits per heavy atom. The van der Waals surface area contributed by atoms with Crippen molar-refractivity contribution in [2.75, 3.05) is 0 Å². The predicted octanol–water partition coefficient (Wildman–Crippen LogP) is 4.80. The molecule has 2 heterocycles. The Hall–Kier alpha value is -2.08. The molecule has 6 heteroatoms. The summed E-state index contributed by atoms with van der Waals surface area (Å²) in [5.74, 6) is 1.20. The van der Waals surface area contributed by atoms with Crippen LogP contribution in [0.2, 0.25) is 0 Å². The summed E-state index contributed by atoms with van der Waals surface area (Å²) in [6.07, 6.45) is 6.95. The first-order valence-electron chi connectivity index (χ1n) is 9.67. The molecule has 0 saturated heterocycles. The fraction of sp³-hybridized carbons (Fsp3) is 0.524. The first kappa shape index (κ1) is 19.7. The van der Waals surface area contributed by atoms with Gasteiger partial charge in [-0.1, -0.05) is 49.8 Å². The van der Waals surface area contributed by atoms with Crippen molar-refractivity contribution in [3.05, 3.63) is 34.5 Å². The summed E-state index contributed by atoms with van der Waals surface area (Å²) in [7, 11) is 0. The molecule has 3 rings (SSSR count). The maximum absolute atomic E-state index is 10.9. The highest BCUT2D eigenvalue weighted by Crippen LogP contribution is 2.36. The number of carbonyl (C=O) groups excluding carboxylic acids is 1. The van der Waals surface area contributed by atoms with Gasteiger partial charge in [-0.05, 0) is 44.1 Å². The van der Waals surface area contributed by atoms with Gasteiger partial charge in [-0.3, -0.25) is 4.68 Å². The monoisotopic (exact) mass is 384 g/mol. The van der Waals surface area contributed by atoms with Gasteiger partial charge in [0.1, 0.15) is 17.0 Å². The summed E-state index contributed by atoms with van der Waals surface area (Å²) in [6.45, 7) is 11.7. The Morgan fingerprint density at radius 3 is 2.67 bits per heavy atom. The van der Waals surface area contributed by atoms with Crippen LogP contribution >= 0.6 is 11.3 Å². The molecule has 0 saturated carbocycles. The number of rotatable bonds is 7. The Balaban J connectivity index is 1.87. The van der Waals surface area contributed by atoms with E-state index in [0.29, 0.717) is 18.3 Å². The lowest BCUT2D eigenvalue weighted by Crippen LogP contribution is -2.15. The number of aromatic nitrogens is 4. The molecule has 0 bridgehead atoms. The summed E-state index contributed by atoms with van der Waals surface area (Å²) >= 11 is 1.58. The van der Waals surface area contributed by atoms with Gasteiger partial charge in [0, 0.05) is 24.2 Å². The second-order valence-electron chi connectivity index (χ2n) is 7.73. The second kappa shape index (κ2) is 8.30. The van der Waals surface area contributed by atoms with Crippen LogP contribution in [-0.2, 0) is 17.8 Å². The Kier molecular flexibility index (Phi) is 6.05. The molecule has 0 aromatic carbocycles. The standard InChI is InChI=1S/C21H28N4OS/c1-6-25-17(9-13(2)3)12-19(24-25)21-23-22-20(27-21)16-10-14(4)18(7-8-26)15(5)11-16/h8,10-14,18H,6-7,9H2,1-5H3. The summed E-state index contributed by atoms with van der Waals surface area (Å²) < 4.78 is 2.06. The average molecular weight is 385 g/mol. The molecule has 2 aromatic rings. The van der Waals surface area contributed by atoms with Gasteiger partial charge >= 0.3 is 0 Å². The zero-order chi connectivity index (χ0) is 19.6. The molecule has 5 nitrogen and oxygen atoms in total. The SMILES string of the molecule is CCn1nc(-c2nnc(C3=CC(C)C(CC=O)C(C)=C3)s2)cc1CC(C)C.